The molecule has 20 heteroatoms. The summed E-state index contributed by atoms with van der Waals surface area (Å²) in [6.45, 7) is 12.1. The number of thiophene rings is 1. The lowest BCUT2D eigenvalue weighted by atomic mass is 9.94. The van der Waals surface area contributed by atoms with E-state index in [-0.39, 0.29) is 23.9 Å². The summed E-state index contributed by atoms with van der Waals surface area (Å²) in [6.07, 6.45) is 3.90. The Labute approximate surface area is 389 Å². The number of carbonyl (C=O) groups is 3. The summed E-state index contributed by atoms with van der Waals surface area (Å²) in [7, 11) is 0. The number of benzene rings is 2. The Morgan fingerprint density at radius 3 is 2.48 bits per heavy atom. The van der Waals surface area contributed by atoms with Crippen LogP contribution in [0.25, 0.3) is 21.5 Å². The molecule has 0 aliphatic carbocycles. The van der Waals surface area contributed by atoms with E-state index in [9.17, 15) is 14.4 Å². The number of nitrogens with one attached hydrogen (secondary N) is 3. The van der Waals surface area contributed by atoms with Crippen molar-refractivity contribution >= 4 is 90.8 Å². The van der Waals surface area contributed by atoms with Gasteiger partial charge in [-0.3, -0.25) is 14.5 Å². The molecule has 6 aromatic rings. The number of halogens is 1. The molecule has 0 atom stereocenters. The highest BCUT2D eigenvalue weighted by Crippen LogP contribution is 2.34. The van der Waals surface area contributed by atoms with E-state index in [4.69, 9.17) is 31.8 Å². The Morgan fingerprint density at radius 2 is 1.69 bits per heavy atom. The smallest absolute Gasteiger partial charge is 0.409 e. The van der Waals surface area contributed by atoms with Crippen molar-refractivity contribution in [3.63, 3.8) is 0 Å². The molecule has 2 saturated heterocycles. The highest BCUT2D eigenvalue weighted by Gasteiger charge is 2.25. The number of para-hydroxylation sites is 1. The lowest BCUT2D eigenvalue weighted by Gasteiger charge is -2.35. The summed E-state index contributed by atoms with van der Waals surface area (Å²) < 4.78 is 11.9. The third kappa shape index (κ3) is 11.4. The molecule has 5 N–H and O–H groups in total. The maximum atomic E-state index is 13.0. The summed E-state index contributed by atoms with van der Waals surface area (Å²) >= 11 is 8.82. The van der Waals surface area contributed by atoms with Crippen LogP contribution in [-0.4, -0.2) is 118 Å². The molecule has 65 heavy (non-hydrogen) atoms. The number of nitrogen functional groups attached to an aromatic ring is 1. The fourth-order valence-electron chi connectivity index (χ4n) is 7.84. The summed E-state index contributed by atoms with van der Waals surface area (Å²) in [5.74, 6) is 2.87. The van der Waals surface area contributed by atoms with Crippen molar-refractivity contribution < 1.29 is 23.9 Å². The molecular formula is C45H51ClN12O5S2. The first kappa shape index (κ1) is 45.4. The van der Waals surface area contributed by atoms with Gasteiger partial charge in [0.15, 0.2) is 5.13 Å². The number of amides is 3. The Hall–Kier alpha value is -6.15. The van der Waals surface area contributed by atoms with E-state index in [2.05, 4.69) is 45.7 Å². The molecule has 17 nitrogen and oxygen atoms in total. The van der Waals surface area contributed by atoms with E-state index >= 15 is 0 Å². The quantitative estimate of drug-likeness (QED) is 0.0781. The minimum atomic E-state index is -0.290. The van der Waals surface area contributed by atoms with E-state index < -0.39 is 0 Å². The number of thiazole rings is 1. The monoisotopic (exact) mass is 938 g/mol. The zero-order valence-electron chi connectivity index (χ0n) is 36.4. The maximum absolute atomic E-state index is 13.0. The Bertz CT molecular complexity index is 2640. The molecule has 0 unspecified atom stereocenters. The van der Waals surface area contributed by atoms with Crippen molar-refractivity contribution in [1.29, 1.82) is 0 Å². The summed E-state index contributed by atoms with van der Waals surface area (Å²) in [6, 6.07) is 16.9. The van der Waals surface area contributed by atoms with Crippen LogP contribution in [0.1, 0.15) is 56.9 Å². The van der Waals surface area contributed by atoms with Crippen LogP contribution in [0.4, 0.5) is 33.2 Å². The van der Waals surface area contributed by atoms with Gasteiger partial charge in [0.2, 0.25) is 5.95 Å². The average Bonchev–Trinajstić information content (AvgIpc) is 3.96. The van der Waals surface area contributed by atoms with E-state index in [0.29, 0.717) is 93.1 Å². The summed E-state index contributed by atoms with van der Waals surface area (Å²) in [5, 5.41) is 10.7. The SMILES string of the molecule is CCNC(=O)c1cc2c(-c3cccc(OCCC4CCN(C(=O)OCCN5CCN(c6cc(Nc7ncc(C(=O)Nc8c(C)cccc8Cl)s7)nc(C)n6)CC5)CC4)c3)nc(N)nc2s1. The minimum Gasteiger partial charge on any atom is -0.494 e. The van der Waals surface area contributed by atoms with E-state index in [1.165, 1.54) is 28.9 Å². The van der Waals surface area contributed by atoms with Crippen LogP contribution in [0, 0.1) is 19.8 Å². The van der Waals surface area contributed by atoms with Crippen molar-refractivity contribution in [2.75, 3.05) is 86.8 Å². The Morgan fingerprint density at radius 1 is 0.892 bits per heavy atom. The molecule has 0 spiro atoms. The number of piperazine rings is 1. The van der Waals surface area contributed by atoms with E-state index in [0.717, 1.165) is 73.5 Å². The Kier molecular flexibility index (Phi) is 14.5. The molecular weight excluding hydrogens is 888 g/mol. The van der Waals surface area contributed by atoms with Gasteiger partial charge in [0.1, 0.15) is 39.5 Å². The molecule has 2 aromatic carbocycles. The number of nitrogens with two attached hydrogens (primary N) is 1. The number of likely N-dealkylation sites (tertiary alicyclic amines) is 1. The van der Waals surface area contributed by atoms with E-state index in [1.54, 1.807) is 11.0 Å². The number of nitrogens with zero attached hydrogens (tertiary/aromatic N) is 8. The van der Waals surface area contributed by atoms with Gasteiger partial charge in [-0.2, -0.15) is 0 Å². The highest BCUT2D eigenvalue weighted by molar-refractivity contribution is 7.20. The van der Waals surface area contributed by atoms with Crippen LogP contribution < -0.4 is 31.3 Å². The van der Waals surface area contributed by atoms with Crippen LogP contribution in [-0.2, 0) is 4.74 Å². The number of aryl methyl sites for hydroxylation is 2. The third-order valence-corrected chi connectivity index (χ3v) is 13.6. The molecule has 0 saturated carbocycles. The van der Waals surface area contributed by atoms with Crippen molar-refractivity contribution in [3.05, 3.63) is 87.0 Å². The number of carbonyl (C=O) groups excluding carboxylic acids is 3. The molecule has 8 rings (SSSR count). The number of hydrogen-bond acceptors (Lipinski definition) is 16. The Balaban J connectivity index is 0.735. The number of anilines is 5. The number of fused-ring (bicyclic) bond motifs is 1. The second kappa shape index (κ2) is 20.8. The standard InChI is InChI=1S/C45H51ClN12O5S2/c1-4-48-40(59)34-24-32-39(54-43(47)55-42(32)64-34)30-8-6-9-31(23-30)62-21-13-29-11-14-58(15-12-29)45(61)63-22-20-56-16-18-57(19-17-56)37-25-36(50-28(3)51-37)52-44-49-26-35(65-44)41(60)53-38-27(2)7-5-10-33(38)46/h5-10,23-26,29H,4,11-22H2,1-3H3,(H,48,59)(H,53,60)(H2,47,54,55)(H,49,50,51,52). The minimum absolute atomic E-state index is 0.146. The lowest BCUT2D eigenvalue weighted by Crippen LogP contribution is -2.48. The number of piperidine rings is 1. The largest absolute Gasteiger partial charge is 0.494 e. The lowest BCUT2D eigenvalue weighted by molar-refractivity contribution is 0.0753. The predicted octanol–water partition coefficient (Wildman–Crippen LogP) is 7.64. The van der Waals surface area contributed by atoms with Gasteiger partial charge < -0.3 is 41.0 Å². The molecule has 2 fully saturated rings. The summed E-state index contributed by atoms with van der Waals surface area (Å²) in [5.41, 5.74) is 8.99. The van der Waals surface area contributed by atoms with Gasteiger partial charge in [-0.25, -0.2) is 29.7 Å². The van der Waals surface area contributed by atoms with Gasteiger partial charge >= 0.3 is 6.09 Å². The van der Waals surface area contributed by atoms with Crippen molar-refractivity contribution in [3.8, 4) is 17.0 Å². The second-order valence-corrected chi connectivity index (χ2v) is 18.3. The van der Waals surface area contributed by atoms with Crippen molar-refractivity contribution in [1.82, 2.24) is 40.0 Å². The van der Waals surface area contributed by atoms with Crippen LogP contribution in [0.5, 0.6) is 5.75 Å². The van der Waals surface area contributed by atoms with Crippen LogP contribution in [0.15, 0.2) is 60.8 Å². The normalized spacial score (nSPS) is 14.6. The number of hydrogen-bond donors (Lipinski definition) is 4. The van der Waals surface area contributed by atoms with Crippen LogP contribution in [0.2, 0.25) is 5.02 Å². The second-order valence-electron chi connectivity index (χ2n) is 15.9. The molecule has 0 radical (unpaired) electrons. The fraction of sp³-hybridized carbons (Fsp3) is 0.378. The molecule has 6 heterocycles. The first-order chi connectivity index (χ1) is 31.5. The molecule has 2 aliphatic heterocycles. The highest BCUT2D eigenvalue weighted by atomic mass is 35.5. The summed E-state index contributed by atoms with van der Waals surface area (Å²) in [4.78, 5) is 68.9. The van der Waals surface area contributed by atoms with Crippen molar-refractivity contribution in [2.24, 2.45) is 5.92 Å². The van der Waals surface area contributed by atoms with Gasteiger partial charge in [-0.15, -0.1) is 11.3 Å². The number of aromatic nitrogens is 5. The molecule has 2 aliphatic rings. The first-order valence-corrected chi connectivity index (χ1v) is 23.6. The van der Waals surface area contributed by atoms with Gasteiger partial charge in [0, 0.05) is 69.4 Å². The van der Waals surface area contributed by atoms with Gasteiger partial charge in [-0.05, 0) is 75.8 Å². The first-order valence-electron chi connectivity index (χ1n) is 21.6. The zero-order valence-corrected chi connectivity index (χ0v) is 38.8. The molecule has 3 amide bonds. The number of rotatable bonds is 15. The van der Waals surface area contributed by atoms with Gasteiger partial charge in [0.25, 0.3) is 11.8 Å². The van der Waals surface area contributed by atoms with Crippen LogP contribution in [0.3, 0.4) is 0 Å². The van der Waals surface area contributed by atoms with Gasteiger partial charge in [0.05, 0.1) is 34.1 Å². The molecule has 0 bridgehead atoms. The third-order valence-electron chi connectivity index (χ3n) is 11.3. The van der Waals surface area contributed by atoms with Gasteiger partial charge in [-0.1, -0.05) is 47.2 Å². The number of ether oxygens (including phenoxy) is 2. The maximum Gasteiger partial charge on any atom is 0.409 e. The predicted molar refractivity (Wildman–Crippen MR) is 256 cm³/mol. The molecule has 340 valence electrons. The topological polar surface area (TPSA) is 206 Å². The van der Waals surface area contributed by atoms with E-state index in [1.807, 2.05) is 69.3 Å². The average molecular weight is 940 g/mol. The van der Waals surface area contributed by atoms with Crippen LogP contribution >= 0.6 is 34.3 Å². The zero-order chi connectivity index (χ0) is 45.5. The molecule has 4 aromatic heterocycles. The fourth-order valence-corrected chi connectivity index (χ4v) is 9.78. The van der Waals surface area contributed by atoms with Crippen molar-refractivity contribution in [2.45, 2.75) is 40.0 Å².